The lowest BCUT2D eigenvalue weighted by atomic mass is 9.82. The lowest BCUT2D eigenvalue weighted by Crippen LogP contribution is -2.13. The van der Waals surface area contributed by atoms with Crippen LogP contribution in [0.4, 0.5) is 0 Å². The minimum Gasteiger partial charge on any atom is -0.461 e. The number of fused-ring (bicyclic) bond motifs is 3. The van der Waals surface area contributed by atoms with Crippen molar-refractivity contribution in [3.63, 3.8) is 0 Å². The van der Waals surface area contributed by atoms with Crippen LogP contribution in [0, 0.1) is 34.6 Å². The van der Waals surface area contributed by atoms with E-state index in [0.717, 1.165) is 11.3 Å². The molecule has 0 saturated carbocycles. The van der Waals surface area contributed by atoms with Crippen molar-refractivity contribution < 1.29 is 4.42 Å². The maximum Gasteiger partial charge on any atom is 0.139 e. The van der Waals surface area contributed by atoms with E-state index in [1.54, 1.807) is 0 Å². The van der Waals surface area contributed by atoms with Crippen LogP contribution in [0.1, 0.15) is 53.7 Å². The zero-order chi connectivity index (χ0) is 15.7. The van der Waals surface area contributed by atoms with E-state index < -0.39 is 0 Å². The summed E-state index contributed by atoms with van der Waals surface area (Å²) in [5.41, 5.74) is 6.64. The van der Waals surface area contributed by atoms with Gasteiger partial charge in [-0.2, -0.15) is 0 Å². The minimum atomic E-state index is 0.0824. The average molecular weight is 300 g/mol. The van der Waals surface area contributed by atoms with Crippen LogP contribution in [0.5, 0.6) is 0 Å². The van der Waals surface area contributed by atoms with Crippen molar-refractivity contribution in [2.24, 2.45) is 0 Å². The number of furan rings is 1. The molecule has 3 rings (SSSR count). The van der Waals surface area contributed by atoms with Crippen LogP contribution >= 0.6 is 11.3 Å². The van der Waals surface area contributed by atoms with Gasteiger partial charge in [-0.3, -0.25) is 0 Å². The van der Waals surface area contributed by atoms with Gasteiger partial charge in [-0.25, -0.2) is 0 Å². The smallest absolute Gasteiger partial charge is 0.139 e. The summed E-state index contributed by atoms with van der Waals surface area (Å²) >= 11 is 1.93. The van der Waals surface area contributed by atoms with Gasteiger partial charge in [-0.05, 0) is 56.7 Å². The standard InChI is InChI=1S/C19H24OS/c1-9-12(4)20-17-14(9)15-10(2)13(5)21-18(15)11(3)16(17)19(6,7)8/h1-8H3. The third-order valence-corrected chi connectivity index (χ3v) is 6.04. The normalized spacial score (nSPS) is 12.8. The maximum atomic E-state index is 6.21. The largest absolute Gasteiger partial charge is 0.461 e. The molecule has 0 atom stereocenters. The lowest BCUT2D eigenvalue weighted by molar-refractivity contribution is 0.539. The van der Waals surface area contributed by atoms with E-state index in [1.165, 1.54) is 42.6 Å². The quantitative estimate of drug-likeness (QED) is 0.462. The molecule has 0 aliphatic heterocycles. The highest BCUT2D eigenvalue weighted by Crippen LogP contribution is 2.46. The molecular formula is C19H24OS. The Bertz CT molecular complexity index is 869. The summed E-state index contributed by atoms with van der Waals surface area (Å²) < 4.78 is 7.65. The van der Waals surface area contributed by atoms with E-state index in [9.17, 15) is 0 Å². The molecule has 0 spiro atoms. The molecule has 2 aromatic heterocycles. The maximum absolute atomic E-state index is 6.21. The van der Waals surface area contributed by atoms with Crippen molar-refractivity contribution in [2.45, 2.75) is 60.8 Å². The van der Waals surface area contributed by atoms with Gasteiger partial charge < -0.3 is 4.42 Å². The van der Waals surface area contributed by atoms with Gasteiger partial charge in [0.25, 0.3) is 0 Å². The second-order valence-corrected chi connectivity index (χ2v) is 8.45. The number of hydrogen-bond acceptors (Lipinski definition) is 2. The zero-order valence-corrected chi connectivity index (χ0v) is 15.1. The van der Waals surface area contributed by atoms with Crippen molar-refractivity contribution >= 4 is 32.4 Å². The van der Waals surface area contributed by atoms with Gasteiger partial charge >= 0.3 is 0 Å². The van der Waals surface area contributed by atoms with E-state index in [-0.39, 0.29) is 5.41 Å². The van der Waals surface area contributed by atoms with Crippen molar-refractivity contribution in [1.82, 2.24) is 0 Å². The highest BCUT2D eigenvalue weighted by molar-refractivity contribution is 7.19. The van der Waals surface area contributed by atoms with E-state index in [1.807, 2.05) is 11.3 Å². The zero-order valence-electron chi connectivity index (χ0n) is 14.3. The topological polar surface area (TPSA) is 13.1 Å². The van der Waals surface area contributed by atoms with Crippen molar-refractivity contribution in [2.75, 3.05) is 0 Å². The molecule has 0 fully saturated rings. The first-order chi connectivity index (χ1) is 9.64. The second-order valence-electron chi connectivity index (χ2n) is 7.22. The molecule has 0 N–H and O–H groups in total. The third-order valence-electron chi connectivity index (χ3n) is 4.71. The third kappa shape index (κ3) is 1.88. The molecule has 0 unspecified atom stereocenters. The summed E-state index contributed by atoms with van der Waals surface area (Å²) in [5, 5.41) is 2.74. The van der Waals surface area contributed by atoms with Gasteiger partial charge in [0.05, 0.1) is 0 Å². The Morgan fingerprint density at radius 1 is 0.810 bits per heavy atom. The Morgan fingerprint density at radius 2 is 1.43 bits per heavy atom. The molecular weight excluding hydrogens is 276 g/mol. The highest BCUT2D eigenvalue weighted by atomic mass is 32.1. The van der Waals surface area contributed by atoms with Crippen molar-refractivity contribution in [3.8, 4) is 0 Å². The molecule has 0 aliphatic carbocycles. The minimum absolute atomic E-state index is 0.0824. The van der Waals surface area contributed by atoms with Crippen LogP contribution in [0.15, 0.2) is 4.42 Å². The fourth-order valence-corrected chi connectivity index (χ4v) is 4.66. The lowest BCUT2D eigenvalue weighted by Gasteiger charge is -2.22. The van der Waals surface area contributed by atoms with Gasteiger partial charge in [-0.1, -0.05) is 20.8 Å². The van der Waals surface area contributed by atoms with Gasteiger partial charge in [-0.15, -0.1) is 11.3 Å². The SMILES string of the molecule is Cc1oc2c(C(C)(C)C)c(C)c3sc(C)c(C)c3c2c1C. The molecule has 0 saturated heterocycles. The number of rotatable bonds is 0. The van der Waals surface area contributed by atoms with Crippen LogP contribution < -0.4 is 0 Å². The summed E-state index contributed by atoms with van der Waals surface area (Å²) in [6.45, 7) is 17.8. The number of benzene rings is 1. The average Bonchev–Trinajstić information content (AvgIpc) is 2.79. The fraction of sp³-hybridized carbons (Fsp3) is 0.474. The summed E-state index contributed by atoms with van der Waals surface area (Å²) in [7, 11) is 0. The predicted octanol–water partition coefficient (Wildman–Crippen LogP) is 6.49. The monoisotopic (exact) mass is 300 g/mol. The van der Waals surface area contributed by atoms with Gasteiger partial charge in [0.15, 0.2) is 0 Å². The Balaban J connectivity index is 2.71. The molecule has 2 heterocycles. The number of hydrogen-bond donors (Lipinski definition) is 0. The Kier molecular flexibility index (Phi) is 3.04. The first kappa shape index (κ1) is 14.6. The summed E-state index contributed by atoms with van der Waals surface area (Å²) in [6, 6.07) is 0. The molecule has 2 heteroatoms. The van der Waals surface area contributed by atoms with Crippen LogP contribution in [0.25, 0.3) is 21.1 Å². The highest BCUT2D eigenvalue weighted by Gasteiger charge is 2.27. The molecule has 0 radical (unpaired) electrons. The van der Waals surface area contributed by atoms with Crippen LogP contribution in [0.2, 0.25) is 0 Å². The molecule has 21 heavy (non-hydrogen) atoms. The van der Waals surface area contributed by atoms with Crippen LogP contribution in [0.3, 0.4) is 0 Å². The number of aryl methyl sites for hydroxylation is 5. The van der Waals surface area contributed by atoms with E-state index in [4.69, 9.17) is 4.42 Å². The molecule has 112 valence electrons. The Morgan fingerprint density at radius 3 is 2.00 bits per heavy atom. The first-order valence-electron chi connectivity index (χ1n) is 7.57. The summed E-state index contributed by atoms with van der Waals surface area (Å²) in [6.07, 6.45) is 0. The molecule has 1 nitrogen and oxygen atoms in total. The number of thiophene rings is 1. The summed E-state index contributed by atoms with van der Waals surface area (Å²) in [5.74, 6) is 1.05. The predicted molar refractivity (Wildman–Crippen MR) is 94.0 cm³/mol. The molecule has 1 aromatic carbocycles. The van der Waals surface area contributed by atoms with E-state index in [2.05, 4.69) is 55.4 Å². The van der Waals surface area contributed by atoms with Crippen molar-refractivity contribution in [3.05, 3.63) is 32.9 Å². The molecule has 0 bridgehead atoms. The van der Waals surface area contributed by atoms with Gasteiger partial charge in [0.2, 0.25) is 0 Å². The van der Waals surface area contributed by atoms with Gasteiger partial charge in [0.1, 0.15) is 11.3 Å². The van der Waals surface area contributed by atoms with Gasteiger partial charge in [0, 0.05) is 25.9 Å². The molecule has 0 aliphatic rings. The Hall–Kier alpha value is -1.28. The van der Waals surface area contributed by atoms with E-state index >= 15 is 0 Å². The Labute approximate surface area is 131 Å². The van der Waals surface area contributed by atoms with Crippen LogP contribution in [-0.2, 0) is 5.41 Å². The molecule has 3 aromatic rings. The summed E-state index contributed by atoms with van der Waals surface area (Å²) in [4.78, 5) is 1.42. The second kappa shape index (κ2) is 4.36. The first-order valence-corrected chi connectivity index (χ1v) is 8.38. The van der Waals surface area contributed by atoms with Crippen molar-refractivity contribution in [1.29, 1.82) is 0 Å². The molecule has 0 amide bonds. The fourth-order valence-electron chi connectivity index (χ4n) is 3.48. The van der Waals surface area contributed by atoms with Crippen LogP contribution in [-0.4, -0.2) is 0 Å². The van der Waals surface area contributed by atoms with E-state index in [0.29, 0.717) is 0 Å².